The summed E-state index contributed by atoms with van der Waals surface area (Å²) in [6.07, 6.45) is 0. The van der Waals surface area contributed by atoms with Crippen molar-refractivity contribution in [3.8, 4) is 0 Å². The van der Waals surface area contributed by atoms with Crippen molar-refractivity contribution in [2.45, 2.75) is 32.2 Å². The van der Waals surface area contributed by atoms with Gasteiger partial charge in [-0.1, -0.05) is 17.7 Å². The first-order chi connectivity index (χ1) is 12.5. The highest BCUT2D eigenvalue weighted by Gasteiger charge is 2.37. The zero-order valence-electron chi connectivity index (χ0n) is 16.0. The van der Waals surface area contributed by atoms with Crippen molar-refractivity contribution in [2.75, 3.05) is 37.0 Å². The lowest BCUT2D eigenvalue weighted by molar-refractivity contribution is -0.123. The topological polar surface area (TPSA) is 95.6 Å². The minimum atomic E-state index is -3.21. The number of alkyl halides is 1. The number of sulfone groups is 1. The highest BCUT2D eigenvalue weighted by Crippen LogP contribution is 2.22. The van der Waals surface area contributed by atoms with Gasteiger partial charge in [-0.3, -0.25) is 14.5 Å². The van der Waals surface area contributed by atoms with Crippen LogP contribution in [0.4, 0.5) is 5.69 Å². The van der Waals surface area contributed by atoms with E-state index in [9.17, 15) is 18.0 Å². The van der Waals surface area contributed by atoms with E-state index in [2.05, 4.69) is 10.6 Å². The first-order valence-corrected chi connectivity index (χ1v) is 10.9. The monoisotopic (exact) mass is 415 g/mol. The molecule has 2 rings (SSSR count). The van der Waals surface area contributed by atoms with Crippen LogP contribution in [0.1, 0.15) is 16.7 Å². The van der Waals surface area contributed by atoms with Gasteiger partial charge in [-0.2, -0.15) is 0 Å². The molecule has 0 saturated carbocycles. The van der Waals surface area contributed by atoms with Gasteiger partial charge >= 0.3 is 0 Å². The minimum Gasteiger partial charge on any atom is -0.350 e. The lowest BCUT2D eigenvalue weighted by Crippen LogP contribution is -2.46. The van der Waals surface area contributed by atoms with Crippen molar-refractivity contribution >= 4 is 38.9 Å². The molecule has 2 amide bonds. The number of nitrogens with one attached hydrogen (secondary N) is 2. The molecule has 1 aliphatic rings. The van der Waals surface area contributed by atoms with Crippen LogP contribution in [0.2, 0.25) is 0 Å². The van der Waals surface area contributed by atoms with Crippen LogP contribution in [-0.4, -0.2) is 68.2 Å². The Bertz CT molecular complexity index is 818. The fraction of sp³-hybridized carbons (Fsp3) is 0.556. The van der Waals surface area contributed by atoms with Crippen molar-refractivity contribution in [3.05, 3.63) is 28.8 Å². The standard InChI is InChI=1S/C18H26ClN3O4S/c1-11-5-12(2)18(13(3)6-11)21-17(24)8-22(4)7-16(23)20-15-10-27(25,26)9-14(15)19/h5-6,14-15H,7-10H2,1-4H3,(H,20,23)(H,21,24)/t14-,15+/m0/s1. The Hall–Kier alpha value is -1.64. The van der Waals surface area contributed by atoms with Gasteiger partial charge in [-0.25, -0.2) is 8.42 Å². The Morgan fingerprint density at radius 2 is 1.67 bits per heavy atom. The van der Waals surface area contributed by atoms with E-state index in [0.29, 0.717) is 0 Å². The highest BCUT2D eigenvalue weighted by molar-refractivity contribution is 7.91. The average Bonchev–Trinajstić information content (AvgIpc) is 2.74. The summed E-state index contributed by atoms with van der Waals surface area (Å²) in [7, 11) is -1.56. The molecule has 2 atom stereocenters. The van der Waals surface area contributed by atoms with Crippen LogP contribution in [0, 0.1) is 20.8 Å². The number of halogens is 1. The van der Waals surface area contributed by atoms with E-state index in [-0.39, 0.29) is 36.4 Å². The van der Waals surface area contributed by atoms with Gasteiger partial charge in [0.15, 0.2) is 9.84 Å². The van der Waals surface area contributed by atoms with E-state index in [1.807, 2.05) is 32.9 Å². The molecule has 0 aromatic heterocycles. The maximum Gasteiger partial charge on any atom is 0.238 e. The van der Waals surface area contributed by atoms with Crippen molar-refractivity contribution in [1.29, 1.82) is 0 Å². The first-order valence-electron chi connectivity index (χ1n) is 8.67. The van der Waals surface area contributed by atoms with E-state index >= 15 is 0 Å². The van der Waals surface area contributed by atoms with Crippen LogP contribution in [0.15, 0.2) is 12.1 Å². The average molecular weight is 416 g/mol. The smallest absolute Gasteiger partial charge is 0.238 e. The summed E-state index contributed by atoms with van der Waals surface area (Å²) in [4.78, 5) is 26.0. The van der Waals surface area contributed by atoms with Gasteiger partial charge in [0, 0.05) is 5.69 Å². The van der Waals surface area contributed by atoms with Gasteiger partial charge in [0.2, 0.25) is 11.8 Å². The summed E-state index contributed by atoms with van der Waals surface area (Å²) in [5.41, 5.74) is 3.88. The number of nitrogens with zero attached hydrogens (tertiary/aromatic N) is 1. The summed E-state index contributed by atoms with van der Waals surface area (Å²) in [5, 5.41) is 4.90. The number of likely N-dealkylation sites (N-methyl/N-ethyl adjacent to an activating group) is 1. The lowest BCUT2D eigenvalue weighted by atomic mass is 10.1. The number of aryl methyl sites for hydroxylation is 3. The predicted molar refractivity (Wildman–Crippen MR) is 107 cm³/mol. The second-order valence-corrected chi connectivity index (χ2v) is 9.98. The molecule has 7 nitrogen and oxygen atoms in total. The van der Waals surface area contributed by atoms with Crippen LogP contribution in [0.5, 0.6) is 0 Å². The van der Waals surface area contributed by atoms with Gasteiger partial charge in [0.1, 0.15) is 0 Å². The quantitative estimate of drug-likeness (QED) is 0.676. The van der Waals surface area contributed by atoms with Crippen LogP contribution in [-0.2, 0) is 19.4 Å². The highest BCUT2D eigenvalue weighted by atomic mass is 35.5. The van der Waals surface area contributed by atoms with Crippen molar-refractivity contribution in [1.82, 2.24) is 10.2 Å². The van der Waals surface area contributed by atoms with Crippen LogP contribution in [0.25, 0.3) is 0 Å². The number of hydrogen-bond acceptors (Lipinski definition) is 5. The van der Waals surface area contributed by atoms with Crippen LogP contribution < -0.4 is 10.6 Å². The second kappa shape index (κ2) is 8.58. The molecule has 9 heteroatoms. The molecule has 0 spiro atoms. The number of hydrogen-bond donors (Lipinski definition) is 2. The van der Waals surface area contributed by atoms with Crippen molar-refractivity contribution in [3.63, 3.8) is 0 Å². The van der Waals surface area contributed by atoms with E-state index in [1.54, 1.807) is 11.9 Å². The molecular formula is C18H26ClN3O4S. The molecule has 1 saturated heterocycles. The molecule has 0 bridgehead atoms. The fourth-order valence-electron chi connectivity index (χ4n) is 3.29. The largest absolute Gasteiger partial charge is 0.350 e. The Balaban J connectivity index is 1.85. The Morgan fingerprint density at radius 3 is 2.19 bits per heavy atom. The summed E-state index contributed by atoms with van der Waals surface area (Å²) in [6.45, 7) is 5.88. The third-order valence-electron chi connectivity index (χ3n) is 4.40. The maximum atomic E-state index is 12.3. The SMILES string of the molecule is Cc1cc(C)c(NC(=O)CN(C)CC(=O)N[C@@H]2CS(=O)(=O)C[C@@H]2Cl)c(C)c1. The van der Waals surface area contributed by atoms with E-state index in [0.717, 1.165) is 22.4 Å². The van der Waals surface area contributed by atoms with Gasteiger partial charge in [-0.15, -0.1) is 11.6 Å². The molecular weight excluding hydrogens is 390 g/mol. The number of anilines is 1. The molecule has 2 N–H and O–H groups in total. The predicted octanol–water partition coefficient (Wildman–Crippen LogP) is 1.00. The number of carbonyl (C=O) groups excluding carboxylic acids is 2. The summed E-state index contributed by atoms with van der Waals surface area (Å²) < 4.78 is 23.1. The molecule has 1 aromatic carbocycles. The van der Waals surface area contributed by atoms with Crippen LogP contribution in [0.3, 0.4) is 0 Å². The van der Waals surface area contributed by atoms with Gasteiger partial charge in [-0.05, 0) is 38.9 Å². The number of carbonyl (C=O) groups is 2. The second-order valence-electron chi connectivity index (χ2n) is 7.26. The zero-order chi connectivity index (χ0) is 20.4. The van der Waals surface area contributed by atoms with Crippen LogP contribution >= 0.6 is 11.6 Å². The van der Waals surface area contributed by atoms with E-state index in [1.165, 1.54) is 0 Å². The zero-order valence-corrected chi connectivity index (χ0v) is 17.6. The van der Waals surface area contributed by atoms with E-state index in [4.69, 9.17) is 11.6 Å². The van der Waals surface area contributed by atoms with Gasteiger partial charge in [0.25, 0.3) is 0 Å². The summed E-state index contributed by atoms with van der Waals surface area (Å²) in [5.74, 6) is -0.865. The molecule has 1 aliphatic heterocycles. The Morgan fingerprint density at radius 1 is 1.11 bits per heavy atom. The van der Waals surface area contributed by atoms with Gasteiger partial charge < -0.3 is 10.6 Å². The lowest BCUT2D eigenvalue weighted by Gasteiger charge is -2.20. The van der Waals surface area contributed by atoms with E-state index < -0.39 is 21.3 Å². The Labute approximate surface area is 165 Å². The molecule has 0 unspecified atom stereocenters. The molecule has 1 aromatic rings. The summed E-state index contributed by atoms with van der Waals surface area (Å²) in [6, 6.07) is 3.40. The Kier molecular flexibility index (Phi) is 6.88. The molecule has 1 fully saturated rings. The molecule has 1 heterocycles. The maximum absolute atomic E-state index is 12.3. The number of amides is 2. The fourth-order valence-corrected chi connectivity index (χ4v) is 5.84. The normalized spacial score (nSPS) is 21.3. The number of benzene rings is 1. The number of rotatable bonds is 6. The molecule has 150 valence electrons. The minimum absolute atomic E-state index is 0.0283. The molecule has 0 aliphatic carbocycles. The molecule has 0 radical (unpaired) electrons. The molecule has 27 heavy (non-hydrogen) atoms. The van der Waals surface area contributed by atoms with Gasteiger partial charge in [0.05, 0.1) is 36.0 Å². The van der Waals surface area contributed by atoms with Crippen molar-refractivity contribution < 1.29 is 18.0 Å². The third-order valence-corrected chi connectivity index (χ3v) is 6.77. The summed E-state index contributed by atoms with van der Waals surface area (Å²) >= 11 is 5.99. The third kappa shape index (κ3) is 6.19. The first kappa shape index (κ1) is 21.7. The van der Waals surface area contributed by atoms with Crippen molar-refractivity contribution in [2.24, 2.45) is 0 Å².